The van der Waals surface area contributed by atoms with E-state index >= 15 is 0 Å². The van der Waals surface area contributed by atoms with Gasteiger partial charge in [-0.2, -0.15) is 4.98 Å². The summed E-state index contributed by atoms with van der Waals surface area (Å²) in [6.45, 7) is 7.19. The fraction of sp³-hybridized carbons (Fsp3) is 0.429. The maximum atomic E-state index is 14.9. The number of hydrogen-bond acceptors (Lipinski definition) is 7. The highest BCUT2D eigenvalue weighted by Crippen LogP contribution is 2.30. The third-order valence-electron chi connectivity index (χ3n) is 6.77. The Bertz CT molecular complexity index is 1270. The molecule has 0 atom stereocenters. The van der Waals surface area contributed by atoms with Crippen molar-refractivity contribution in [2.45, 2.75) is 53.1 Å². The first-order chi connectivity index (χ1) is 18.3. The van der Waals surface area contributed by atoms with Gasteiger partial charge in [-0.1, -0.05) is 49.2 Å². The SMILES string of the molecule is CCCCCNC(=O)CN(CC(=O)N(C)N1Cc2ccccc2C1)c1cc(-c2noc(C)n2)c(F)cc1C. The van der Waals surface area contributed by atoms with Gasteiger partial charge >= 0.3 is 0 Å². The second-order valence-electron chi connectivity index (χ2n) is 9.68. The van der Waals surface area contributed by atoms with Crippen LogP contribution in [0, 0.1) is 19.7 Å². The molecule has 3 aromatic rings. The van der Waals surface area contributed by atoms with Crippen molar-refractivity contribution in [2.24, 2.45) is 0 Å². The van der Waals surface area contributed by atoms with E-state index in [1.54, 1.807) is 36.9 Å². The molecule has 0 saturated heterocycles. The van der Waals surface area contributed by atoms with Crippen LogP contribution in [0.1, 0.15) is 48.8 Å². The van der Waals surface area contributed by atoms with Crippen molar-refractivity contribution >= 4 is 17.5 Å². The quantitative estimate of drug-likeness (QED) is 0.381. The third-order valence-corrected chi connectivity index (χ3v) is 6.77. The van der Waals surface area contributed by atoms with Gasteiger partial charge in [-0.15, -0.1) is 0 Å². The first-order valence-corrected chi connectivity index (χ1v) is 13.0. The molecule has 2 aromatic carbocycles. The van der Waals surface area contributed by atoms with E-state index in [2.05, 4.69) is 34.5 Å². The van der Waals surface area contributed by atoms with E-state index in [0.717, 1.165) is 19.3 Å². The zero-order valence-corrected chi connectivity index (χ0v) is 22.5. The first-order valence-electron chi connectivity index (χ1n) is 13.0. The number of amides is 2. The van der Waals surface area contributed by atoms with Crippen LogP contribution < -0.4 is 10.2 Å². The van der Waals surface area contributed by atoms with Gasteiger partial charge in [0.2, 0.25) is 17.6 Å². The summed E-state index contributed by atoms with van der Waals surface area (Å²) in [5.74, 6) is -0.464. The number of unbranched alkanes of at least 4 members (excludes halogenated alkanes) is 2. The highest BCUT2D eigenvalue weighted by atomic mass is 19.1. The topological polar surface area (TPSA) is 94.8 Å². The summed E-state index contributed by atoms with van der Waals surface area (Å²) in [6, 6.07) is 11.1. The molecule has 0 unspecified atom stereocenters. The number of aromatic nitrogens is 2. The van der Waals surface area contributed by atoms with Crippen LogP contribution in [-0.4, -0.2) is 58.7 Å². The van der Waals surface area contributed by atoms with E-state index < -0.39 is 5.82 Å². The van der Waals surface area contributed by atoms with Gasteiger partial charge in [0.25, 0.3) is 5.91 Å². The summed E-state index contributed by atoms with van der Waals surface area (Å²) in [4.78, 5) is 32.2. The molecule has 1 N–H and O–H groups in total. The van der Waals surface area contributed by atoms with E-state index in [9.17, 15) is 14.0 Å². The maximum absolute atomic E-state index is 14.9. The molecule has 0 aliphatic carbocycles. The molecule has 1 aliphatic rings. The third kappa shape index (κ3) is 6.36. The van der Waals surface area contributed by atoms with Gasteiger partial charge in [0.1, 0.15) is 5.82 Å². The number of rotatable bonds is 11. The lowest BCUT2D eigenvalue weighted by Gasteiger charge is -2.32. The molecule has 10 heteroatoms. The van der Waals surface area contributed by atoms with Gasteiger partial charge in [0.05, 0.1) is 18.7 Å². The number of nitrogens with zero attached hydrogens (tertiary/aromatic N) is 5. The lowest BCUT2D eigenvalue weighted by molar-refractivity contribution is -0.145. The zero-order chi connectivity index (χ0) is 27.2. The van der Waals surface area contributed by atoms with Gasteiger partial charge in [-0.25, -0.2) is 9.40 Å². The van der Waals surface area contributed by atoms with Crippen LogP contribution in [0.4, 0.5) is 10.1 Å². The van der Waals surface area contributed by atoms with Crippen LogP contribution in [0.3, 0.4) is 0 Å². The van der Waals surface area contributed by atoms with Gasteiger partial charge in [0, 0.05) is 39.3 Å². The molecule has 2 amide bonds. The second kappa shape index (κ2) is 12.2. The number of anilines is 1. The van der Waals surface area contributed by atoms with Crippen LogP contribution in [0.5, 0.6) is 0 Å². The Kier molecular flexibility index (Phi) is 8.73. The minimum Gasteiger partial charge on any atom is -0.355 e. The zero-order valence-electron chi connectivity index (χ0n) is 22.5. The minimum absolute atomic E-state index is 0.0525. The van der Waals surface area contributed by atoms with Crippen molar-refractivity contribution < 1.29 is 18.5 Å². The number of hydrogen-bond donors (Lipinski definition) is 1. The molecule has 1 aliphatic heterocycles. The van der Waals surface area contributed by atoms with Crippen LogP contribution >= 0.6 is 0 Å². The fourth-order valence-corrected chi connectivity index (χ4v) is 4.59. The van der Waals surface area contributed by atoms with Crippen LogP contribution in [0.25, 0.3) is 11.4 Å². The van der Waals surface area contributed by atoms with E-state index in [0.29, 0.717) is 36.8 Å². The van der Waals surface area contributed by atoms with Crippen molar-refractivity contribution in [1.29, 1.82) is 0 Å². The molecule has 2 heterocycles. The normalized spacial score (nSPS) is 12.9. The van der Waals surface area contributed by atoms with Crippen LogP contribution in [-0.2, 0) is 22.7 Å². The number of fused-ring (bicyclic) bond motifs is 1. The summed E-state index contributed by atoms with van der Waals surface area (Å²) < 4.78 is 20.0. The van der Waals surface area contributed by atoms with Gasteiger partial charge in [0.15, 0.2) is 0 Å². The monoisotopic (exact) mass is 522 g/mol. The van der Waals surface area contributed by atoms with Gasteiger partial charge < -0.3 is 14.7 Å². The second-order valence-corrected chi connectivity index (χ2v) is 9.68. The molecule has 38 heavy (non-hydrogen) atoms. The molecule has 0 fully saturated rings. The number of benzene rings is 2. The Balaban J connectivity index is 1.56. The molecular formula is C28H35FN6O3. The van der Waals surface area contributed by atoms with Crippen molar-refractivity contribution in [2.75, 3.05) is 31.6 Å². The maximum Gasteiger partial charge on any atom is 0.256 e. The van der Waals surface area contributed by atoms with Crippen molar-refractivity contribution in [1.82, 2.24) is 25.5 Å². The molecule has 0 bridgehead atoms. The first kappa shape index (κ1) is 27.3. The molecular weight excluding hydrogens is 487 g/mol. The predicted octanol–water partition coefficient (Wildman–Crippen LogP) is 3.99. The Morgan fingerprint density at radius 3 is 2.45 bits per heavy atom. The summed E-state index contributed by atoms with van der Waals surface area (Å²) in [7, 11) is 1.74. The van der Waals surface area contributed by atoms with Crippen molar-refractivity contribution in [3.8, 4) is 11.4 Å². The Morgan fingerprint density at radius 2 is 1.82 bits per heavy atom. The average Bonchev–Trinajstić information content (AvgIpc) is 3.52. The number of halogens is 1. The molecule has 0 radical (unpaired) electrons. The highest BCUT2D eigenvalue weighted by Gasteiger charge is 2.27. The molecule has 1 aromatic heterocycles. The van der Waals surface area contributed by atoms with E-state index in [4.69, 9.17) is 4.52 Å². The van der Waals surface area contributed by atoms with E-state index in [-0.39, 0.29) is 36.3 Å². The summed E-state index contributed by atoms with van der Waals surface area (Å²) in [5, 5.41) is 10.4. The smallest absolute Gasteiger partial charge is 0.256 e. The largest absolute Gasteiger partial charge is 0.355 e. The molecule has 0 saturated carbocycles. The summed E-state index contributed by atoms with van der Waals surface area (Å²) in [5.41, 5.74) is 3.66. The Hall–Kier alpha value is -3.79. The fourth-order valence-electron chi connectivity index (χ4n) is 4.59. The number of aryl methyl sites for hydroxylation is 2. The summed E-state index contributed by atoms with van der Waals surface area (Å²) >= 11 is 0. The van der Waals surface area contributed by atoms with Crippen LogP contribution in [0.2, 0.25) is 0 Å². The van der Waals surface area contributed by atoms with Gasteiger partial charge in [-0.3, -0.25) is 14.6 Å². The van der Waals surface area contributed by atoms with Crippen LogP contribution in [0.15, 0.2) is 40.9 Å². The Morgan fingerprint density at radius 1 is 1.11 bits per heavy atom. The molecule has 202 valence electrons. The van der Waals surface area contributed by atoms with Crippen molar-refractivity contribution in [3.63, 3.8) is 0 Å². The van der Waals surface area contributed by atoms with Gasteiger partial charge in [-0.05, 0) is 42.2 Å². The Labute approximate surface area is 222 Å². The summed E-state index contributed by atoms with van der Waals surface area (Å²) in [6.07, 6.45) is 2.96. The number of nitrogens with one attached hydrogen (secondary N) is 1. The average molecular weight is 523 g/mol. The minimum atomic E-state index is -0.505. The lowest BCUT2D eigenvalue weighted by Crippen LogP contribution is -2.48. The number of hydrazine groups is 1. The molecule has 4 rings (SSSR count). The predicted molar refractivity (Wildman–Crippen MR) is 142 cm³/mol. The standard InChI is InChI=1S/C28H35FN6O3/c1-5-6-9-12-30-26(36)17-34(18-27(37)33(4)35-15-21-10-7-8-11-22(21)16-35)25-14-23(24(29)13-19(25)2)28-31-20(3)38-32-28/h7-8,10-11,13-14H,5-6,9,12,15-18H2,1-4H3,(H,30,36). The number of carbonyl (C=O) groups is 2. The molecule has 0 spiro atoms. The van der Waals surface area contributed by atoms with E-state index in [1.807, 2.05) is 17.1 Å². The van der Waals surface area contributed by atoms with Crippen molar-refractivity contribution in [3.05, 3.63) is 64.8 Å². The van der Waals surface area contributed by atoms with E-state index in [1.165, 1.54) is 17.2 Å². The number of likely N-dealkylation sites (N-methyl/N-ethyl adjacent to an activating group) is 1. The number of carbonyl (C=O) groups excluding carboxylic acids is 2. The molecule has 9 nitrogen and oxygen atoms in total. The highest BCUT2D eigenvalue weighted by molar-refractivity contribution is 5.87. The lowest BCUT2D eigenvalue weighted by atomic mass is 10.1.